The molecule has 0 unspecified atom stereocenters. The van der Waals surface area contributed by atoms with Crippen LogP contribution < -0.4 is 19.5 Å². The van der Waals surface area contributed by atoms with Gasteiger partial charge < -0.3 is 19.5 Å². The van der Waals surface area contributed by atoms with Gasteiger partial charge in [0.2, 0.25) is 11.7 Å². The molecule has 2 aromatic carbocycles. The number of ether oxygens (including phenoxy) is 3. The summed E-state index contributed by atoms with van der Waals surface area (Å²) in [7, 11) is 4.69. The van der Waals surface area contributed by atoms with Gasteiger partial charge in [-0.05, 0) is 55.2 Å². The van der Waals surface area contributed by atoms with Gasteiger partial charge in [0.25, 0.3) is 0 Å². The summed E-state index contributed by atoms with van der Waals surface area (Å²) < 4.78 is 16.0. The minimum absolute atomic E-state index is 0.104. The molecular weight excluding hydrogens is 354 g/mol. The van der Waals surface area contributed by atoms with Gasteiger partial charge in [0.15, 0.2) is 11.5 Å². The number of hydrogen-bond acceptors (Lipinski definition) is 4. The number of nitrogens with one attached hydrogen (secondary N) is 1. The number of rotatable bonds is 7. The molecule has 0 aliphatic heterocycles. The Morgan fingerprint density at radius 1 is 1.00 bits per heavy atom. The standard InChI is InChI=1S/C20H24ClNO4/c1-12-8-13(2)19(15(21)9-12)22-18(23)7-6-14-10-16(24-3)20(26-5)17(11-14)25-4/h8-11H,6-7H2,1-5H3,(H,22,23). The summed E-state index contributed by atoms with van der Waals surface area (Å²) in [6.07, 6.45) is 0.841. The van der Waals surface area contributed by atoms with Gasteiger partial charge in [-0.15, -0.1) is 0 Å². The number of amides is 1. The summed E-state index contributed by atoms with van der Waals surface area (Å²) in [6, 6.07) is 7.52. The maximum atomic E-state index is 12.4. The molecule has 0 spiro atoms. The number of anilines is 1. The summed E-state index contributed by atoms with van der Waals surface area (Å²) in [5.74, 6) is 1.57. The minimum atomic E-state index is -0.104. The highest BCUT2D eigenvalue weighted by Crippen LogP contribution is 2.38. The number of benzene rings is 2. The fraction of sp³-hybridized carbons (Fsp3) is 0.350. The summed E-state index contributed by atoms with van der Waals surface area (Å²) in [5, 5.41) is 3.44. The number of methoxy groups -OCH3 is 3. The van der Waals surface area contributed by atoms with Crippen LogP contribution in [-0.2, 0) is 11.2 Å². The molecule has 2 aromatic rings. The van der Waals surface area contributed by atoms with E-state index >= 15 is 0 Å². The van der Waals surface area contributed by atoms with Gasteiger partial charge >= 0.3 is 0 Å². The Morgan fingerprint density at radius 2 is 1.62 bits per heavy atom. The Hall–Kier alpha value is -2.40. The van der Waals surface area contributed by atoms with Crippen molar-refractivity contribution in [1.29, 1.82) is 0 Å². The predicted octanol–water partition coefficient (Wildman–Crippen LogP) is 4.55. The van der Waals surface area contributed by atoms with Crippen LogP contribution in [0.5, 0.6) is 17.2 Å². The van der Waals surface area contributed by atoms with E-state index in [1.807, 2.05) is 38.1 Å². The number of aryl methyl sites for hydroxylation is 3. The van der Waals surface area contributed by atoms with E-state index in [2.05, 4.69) is 5.32 Å². The van der Waals surface area contributed by atoms with Gasteiger partial charge in [-0.3, -0.25) is 4.79 Å². The number of carbonyl (C=O) groups excluding carboxylic acids is 1. The van der Waals surface area contributed by atoms with Crippen molar-refractivity contribution in [2.75, 3.05) is 26.6 Å². The van der Waals surface area contributed by atoms with Crippen LogP contribution in [0.2, 0.25) is 5.02 Å². The van der Waals surface area contributed by atoms with Crippen molar-refractivity contribution in [3.8, 4) is 17.2 Å². The van der Waals surface area contributed by atoms with Crippen LogP contribution in [-0.4, -0.2) is 27.2 Å². The fourth-order valence-corrected chi connectivity index (χ4v) is 3.18. The van der Waals surface area contributed by atoms with Crippen LogP contribution in [0.4, 0.5) is 5.69 Å². The lowest BCUT2D eigenvalue weighted by molar-refractivity contribution is -0.116. The summed E-state index contributed by atoms with van der Waals surface area (Å²) in [6.45, 7) is 3.89. The van der Waals surface area contributed by atoms with Gasteiger partial charge in [-0.25, -0.2) is 0 Å². The molecule has 1 N–H and O–H groups in total. The second-order valence-electron chi connectivity index (χ2n) is 6.02. The topological polar surface area (TPSA) is 56.8 Å². The zero-order chi connectivity index (χ0) is 19.3. The Kier molecular flexibility index (Phi) is 6.75. The highest BCUT2D eigenvalue weighted by atomic mass is 35.5. The van der Waals surface area contributed by atoms with E-state index < -0.39 is 0 Å². The predicted molar refractivity (Wildman–Crippen MR) is 104 cm³/mol. The molecule has 6 heteroatoms. The average Bonchev–Trinajstić information content (AvgIpc) is 2.61. The maximum absolute atomic E-state index is 12.4. The Morgan fingerprint density at radius 3 is 2.12 bits per heavy atom. The third kappa shape index (κ3) is 4.61. The Balaban J connectivity index is 2.10. The molecule has 0 radical (unpaired) electrons. The van der Waals surface area contributed by atoms with Crippen LogP contribution in [0.25, 0.3) is 0 Å². The van der Waals surface area contributed by atoms with Crippen molar-refractivity contribution in [2.45, 2.75) is 26.7 Å². The third-order valence-corrected chi connectivity index (χ3v) is 4.36. The van der Waals surface area contributed by atoms with Crippen LogP contribution in [0.15, 0.2) is 24.3 Å². The first-order valence-electron chi connectivity index (χ1n) is 8.25. The van der Waals surface area contributed by atoms with Gasteiger partial charge in [0.1, 0.15) is 0 Å². The molecule has 140 valence electrons. The first kappa shape index (κ1) is 19.9. The molecule has 0 aliphatic carbocycles. The third-order valence-electron chi connectivity index (χ3n) is 4.06. The summed E-state index contributed by atoms with van der Waals surface area (Å²) in [5.41, 5.74) is 3.58. The van der Waals surface area contributed by atoms with E-state index in [1.54, 1.807) is 21.3 Å². The molecule has 2 rings (SSSR count). The van der Waals surface area contributed by atoms with Crippen molar-refractivity contribution in [3.05, 3.63) is 46.0 Å². The van der Waals surface area contributed by atoms with E-state index in [9.17, 15) is 4.79 Å². The lowest BCUT2D eigenvalue weighted by atomic mass is 10.1. The largest absolute Gasteiger partial charge is 0.493 e. The second-order valence-corrected chi connectivity index (χ2v) is 6.43. The van der Waals surface area contributed by atoms with E-state index in [4.69, 9.17) is 25.8 Å². The van der Waals surface area contributed by atoms with Crippen molar-refractivity contribution >= 4 is 23.2 Å². The first-order valence-corrected chi connectivity index (χ1v) is 8.62. The van der Waals surface area contributed by atoms with Crippen molar-refractivity contribution < 1.29 is 19.0 Å². The molecule has 0 aromatic heterocycles. The van der Waals surface area contributed by atoms with Crippen molar-refractivity contribution in [3.63, 3.8) is 0 Å². The number of carbonyl (C=O) groups is 1. The number of halogens is 1. The highest BCUT2D eigenvalue weighted by Gasteiger charge is 2.15. The molecule has 5 nitrogen and oxygen atoms in total. The van der Waals surface area contributed by atoms with Crippen LogP contribution in [0.3, 0.4) is 0 Å². The molecule has 1 amide bonds. The SMILES string of the molecule is COc1cc(CCC(=O)Nc2c(C)cc(C)cc2Cl)cc(OC)c1OC. The van der Waals surface area contributed by atoms with E-state index in [1.165, 1.54) is 0 Å². The normalized spacial score (nSPS) is 10.4. The minimum Gasteiger partial charge on any atom is -0.493 e. The quantitative estimate of drug-likeness (QED) is 0.768. The molecule has 0 aliphatic rings. The molecule has 0 saturated heterocycles. The van der Waals surface area contributed by atoms with E-state index in [-0.39, 0.29) is 5.91 Å². The average molecular weight is 378 g/mol. The lowest BCUT2D eigenvalue weighted by Crippen LogP contribution is -2.14. The maximum Gasteiger partial charge on any atom is 0.224 e. The molecule has 0 saturated carbocycles. The molecule has 0 atom stereocenters. The lowest BCUT2D eigenvalue weighted by Gasteiger charge is -2.14. The van der Waals surface area contributed by atoms with Gasteiger partial charge in [-0.2, -0.15) is 0 Å². The monoisotopic (exact) mass is 377 g/mol. The zero-order valence-electron chi connectivity index (χ0n) is 15.7. The van der Waals surface area contributed by atoms with Crippen molar-refractivity contribution in [2.24, 2.45) is 0 Å². The van der Waals surface area contributed by atoms with Gasteiger partial charge in [0, 0.05) is 6.42 Å². The first-order chi connectivity index (χ1) is 12.4. The second kappa shape index (κ2) is 8.81. The van der Waals surface area contributed by atoms with Gasteiger partial charge in [0.05, 0.1) is 32.0 Å². The molecule has 0 bridgehead atoms. The molecule has 0 heterocycles. The number of hydrogen-bond donors (Lipinski definition) is 1. The Bertz CT molecular complexity index is 756. The van der Waals surface area contributed by atoms with E-state index in [0.717, 1.165) is 16.7 Å². The smallest absolute Gasteiger partial charge is 0.224 e. The summed E-state index contributed by atoms with van der Waals surface area (Å²) in [4.78, 5) is 12.4. The Labute approximate surface area is 159 Å². The molecule has 26 heavy (non-hydrogen) atoms. The van der Waals surface area contributed by atoms with Crippen LogP contribution in [0, 0.1) is 13.8 Å². The summed E-state index contributed by atoms with van der Waals surface area (Å²) >= 11 is 6.25. The zero-order valence-corrected chi connectivity index (χ0v) is 16.5. The van der Waals surface area contributed by atoms with E-state index in [0.29, 0.717) is 40.8 Å². The van der Waals surface area contributed by atoms with Crippen molar-refractivity contribution in [1.82, 2.24) is 0 Å². The highest BCUT2D eigenvalue weighted by molar-refractivity contribution is 6.34. The van der Waals surface area contributed by atoms with Crippen LogP contribution in [0.1, 0.15) is 23.1 Å². The van der Waals surface area contributed by atoms with Crippen LogP contribution >= 0.6 is 11.6 Å². The molecule has 0 fully saturated rings. The fourth-order valence-electron chi connectivity index (χ4n) is 2.81. The van der Waals surface area contributed by atoms with Gasteiger partial charge in [-0.1, -0.05) is 17.7 Å². The molecular formula is C20H24ClNO4.